The molecule has 0 aliphatic carbocycles. The van der Waals surface area contributed by atoms with Crippen molar-refractivity contribution in [1.29, 1.82) is 0 Å². The van der Waals surface area contributed by atoms with Crippen LogP contribution in [0.2, 0.25) is 0 Å². The Bertz CT molecular complexity index is 332. The van der Waals surface area contributed by atoms with Crippen molar-refractivity contribution in [2.24, 2.45) is 0 Å². The van der Waals surface area contributed by atoms with Crippen molar-refractivity contribution in [3.8, 4) is 0 Å². The van der Waals surface area contributed by atoms with Gasteiger partial charge in [-0.2, -0.15) is 0 Å². The van der Waals surface area contributed by atoms with E-state index in [0.29, 0.717) is 11.3 Å². The average molecular weight is 199 g/mol. The van der Waals surface area contributed by atoms with Crippen LogP contribution in [0.25, 0.3) is 0 Å². The Morgan fingerprint density at radius 3 is 2.92 bits per heavy atom. The second-order valence-corrected chi connectivity index (χ2v) is 3.44. The first-order chi connectivity index (χ1) is 6.19. The number of hydrogen-bond donors (Lipinski definition) is 1. The van der Waals surface area contributed by atoms with Crippen LogP contribution < -0.4 is 5.32 Å². The fraction of sp³-hybridized carbons (Fsp3) is 0.250. The lowest BCUT2D eigenvalue weighted by Gasteiger charge is -2.01. The van der Waals surface area contributed by atoms with Crippen molar-refractivity contribution >= 4 is 29.4 Å². The minimum atomic E-state index is -0.569. The van der Waals surface area contributed by atoms with Gasteiger partial charge < -0.3 is 4.74 Å². The number of nitrogens with one attached hydrogen (secondary N) is 1. The predicted molar refractivity (Wildman–Crippen MR) is 50.5 cm³/mol. The van der Waals surface area contributed by atoms with Crippen molar-refractivity contribution in [2.75, 3.05) is 12.4 Å². The number of aryl methyl sites for hydroxylation is 1. The molecule has 0 saturated heterocycles. The zero-order valence-electron chi connectivity index (χ0n) is 7.29. The summed E-state index contributed by atoms with van der Waals surface area (Å²) in [4.78, 5) is 22.3. The van der Waals surface area contributed by atoms with E-state index in [1.54, 1.807) is 5.38 Å². The molecule has 0 fully saturated rings. The largest absolute Gasteiger partial charge is 0.453 e. The van der Waals surface area contributed by atoms with E-state index in [2.05, 4.69) is 10.1 Å². The molecule has 1 N–H and O–H groups in total. The first-order valence-corrected chi connectivity index (χ1v) is 4.45. The number of carbonyl (C=O) groups excluding carboxylic acids is 2. The second-order valence-electron chi connectivity index (χ2n) is 2.35. The van der Waals surface area contributed by atoms with E-state index < -0.39 is 6.09 Å². The van der Waals surface area contributed by atoms with Crippen LogP contribution in [0.4, 0.5) is 10.5 Å². The van der Waals surface area contributed by atoms with Crippen LogP contribution in [0.1, 0.15) is 15.2 Å². The van der Waals surface area contributed by atoms with Crippen molar-refractivity contribution < 1.29 is 14.3 Å². The molecule has 5 heteroatoms. The third kappa shape index (κ3) is 2.06. The van der Waals surface area contributed by atoms with Crippen LogP contribution in [0, 0.1) is 6.92 Å². The molecule has 0 spiro atoms. The van der Waals surface area contributed by atoms with Crippen molar-refractivity contribution in [1.82, 2.24) is 0 Å². The van der Waals surface area contributed by atoms with E-state index in [1.165, 1.54) is 18.4 Å². The van der Waals surface area contributed by atoms with Crippen LogP contribution in [0.15, 0.2) is 5.38 Å². The van der Waals surface area contributed by atoms with Crippen LogP contribution in [0.3, 0.4) is 0 Å². The number of rotatable bonds is 2. The van der Waals surface area contributed by atoms with Gasteiger partial charge in [0.2, 0.25) is 0 Å². The normalized spacial score (nSPS) is 9.38. The number of ether oxygens (including phenoxy) is 1. The lowest BCUT2D eigenvalue weighted by Crippen LogP contribution is -2.11. The van der Waals surface area contributed by atoms with Gasteiger partial charge >= 0.3 is 6.09 Å². The molecule has 13 heavy (non-hydrogen) atoms. The average Bonchev–Trinajstić information content (AvgIpc) is 2.46. The van der Waals surface area contributed by atoms with Gasteiger partial charge in [0.25, 0.3) is 0 Å². The number of methoxy groups -OCH3 is 1. The lowest BCUT2D eigenvalue weighted by atomic mass is 10.2. The van der Waals surface area contributed by atoms with Crippen LogP contribution >= 0.6 is 11.3 Å². The molecule has 1 heterocycles. The Hall–Kier alpha value is -1.36. The standard InChI is InChI=1S/C8H9NO3S/c1-5-6(3-10)7(4-13-5)9-8(11)12-2/h3-4H,1-2H3,(H,9,11). The van der Waals surface area contributed by atoms with Crippen molar-refractivity contribution in [3.63, 3.8) is 0 Å². The minimum Gasteiger partial charge on any atom is -0.453 e. The highest BCUT2D eigenvalue weighted by atomic mass is 32.1. The Morgan fingerprint density at radius 2 is 2.38 bits per heavy atom. The summed E-state index contributed by atoms with van der Waals surface area (Å²) in [6.07, 6.45) is 0.151. The molecular formula is C8H9NO3S. The highest BCUT2D eigenvalue weighted by Crippen LogP contribution is 2.24. The first kappa shape index (κ1) is 9.73. The summed E-state index contributed by atoms with van der Waals surface area (Å²) < 4.78 is 4.40. The van der Waals surface area contributed by atoms with Gasteiger partial charge in [0, 0.05) is 10.3 Å². The molecule has 70 valence electrons. The fourth-order valence-electron chi connectivity index (χ4n) is 0.868. The third-order valence-corrected chi connectivity index (χ3v) is 2.49. The van der Waals surface area contributed by atoms with E-state index in [9.17, 15) is 9.59 Å². The Morgan fingerprint density at radius 1 is 1.69 bits per heavy atom. The van der Waals surface area contributed by atoms with Crippen LogP contribution in [0.5, 0.6) is 0 Å². The van der Waals surface area contributed by atoms with E-state index in [-0.39, 0.29) is 0 Å². The Labute approximate surface area is 79.5 Å². The van der Waals surface area contributed by atoms with Gasteiger partial charge in [0.1, 0.15) is 0 Å². The summed E-state index contributed by atoms with van der Waals surface area (Å²) in [7, 11) is 1.27. The number of thiophene rings is 1. The SMILES string of the molecule is COC(=O)Nc1csc(C)c1C=O. The molecule has 0 atom stereocenters. The van der Waals surface area contributed by atoms with E-state index in [0.717, 1.165) is 11.2 Å². The van der Waals surface area contributed by atoms with Crippen LogP contribution in [-0.4, -0.2) is 19.5 Å². The minimum absolute atomic E-state index is 0.504. The maximum atomic E-state index is 10.8. The predicted octanol–water partition coefficient (Wildman–Crippen LogP) is 2.05. The van der Waals surface area contributed by atoms with Gasteiger partial charge in [-0.3, -0.25) is 10.1 Å². The Kier molecular flexibility index (Phi) is 3.02. The molecule has 4 nitrogen and oxygen atoms in total. The molecule has 1 aromatic rings. The zero-order valence-corrected chi connectivity index (χ0v) is 8.10. The highest BCUT2D eigenvalue weighted by molar-refractivity contribution is 7.10. The molecular weight excluding hydrogens is 190 g/mol. The smallest absolute Gasteiger partial charge is 0.411 e. The molecule has 0 unspecified atom stereocenters. The number of carbonyl (C=O) groups is 2. The molecule has 0 aliphatic rings. The molecule has 1 amide bonds. The van der Waals surface area contributed by atoms with E-state index >= 15 is 0 Å². The number of amides is 1. The van der Waals surface area contributed by atoms with Gasteiger partial charge in [-0.05, 0) is 6.92 Å². The fourth-order valence-corrected chi connectivity index (χ4v) is 1.63. The number of hydrogen-bond acceptors (Lipinski definition) is 4. The van der Waals surface area contributed by atoms with Gasteiger partial charge in [-0.15, -0.1) is 11.3 Å². The number of anilines is 1. The molecule has 0 radical (unpaired) electrons. The molecule has 0 bridgehead atoms. The maximum absolute atomic E-state index is 10.8. The monoisotopic (exact) mass is 199 g/mol. The molecule has 1 rings (SSSR count). The van der Waals surface area contributed by atoms with Crippen molar-refractivity contribution in [3.05, 3.63) is 15.8 Å². The summed E-state index contributed by atoms with van der Waals surface area (Å²) in [6, 6.07) is 0. The second kappa shape index (κ2) is 4.04. The maximum Gasteiger partial charge on any atom is 0.411 e. The van der Waals surface area contributed by atoms with Gasteiger partial charge in [0.05, 0.1) is 18.4 Å². The zero-order chi connectivity index (χ0) is 9.84. The van der Waals surface area contributed by atoms with Crippen molar-refractivity contribution in [2.45, 2.75) is 6.92 Å². The summed E-state index contributed by atoms with van der Waals surface area (Å²) in [5, 5.41) is 4.15. The Balaban J connectivity index is 2.88. The summed E-state index contributed by atoms with van der Waals surface area (Å²) in [5.74, 6) is 0. The van der Waals surface area contributed by atoms with E-state index in [1.807, 2.05) is 6.92 Å². The summed E-state index contributed by atoms with van der Waals surface area (Å²) in [5.41, 5.74) is 1.01. The van der Waals surface area contributed by atoms with Gasteiger partial charge in [-0.25, -0.2) is 4.79 Å². The third-order valence-electron chi connectivity index (χ3n) is 1.56. The molecule has 1 aromatic heterocycles. The lowest BCUT2D eigenvalue weighted by molar-refractivity contribution is 0.112. The van der Waals surface area contributed by atoms with Gasteiger partial charge in [-0.1, -0.05) is 0 Å². The molecule has 0 saturated carbocycles. The molecule has 0 aromatic carbocycles. The first-order valence-electron chi connectivity index (χ1n) is 3.57. The summed E-state index contributed by atoms with van der Waals surface area (Å²) >= 11 is 1.41. The number of aldehydes is 1. The van der Waals surface area contributed by atoms with Gasteiger partial charge in [0.15, 0.2) is 6.29 Å². The van der Waals surface area contributed by atoms with Crippen LogP contribution in [-0.2, 0) is 4.74 Å². The highest BCUT2D eigenvalue weighted by Gasteiger charge is 2.09. The summed E-state index contributed by atoms with van der Waals surface area (Å²) in [6.45, 7) is 1.82. The topological polar surface area (TPSA) is 55.4 Å². The molecule has 0 aliphatic heterocycles. The van der Waals surface area contributed by atoms with E-state index in [4.69, 9.17) is 0 Å². The quantitative estimate of drug-likeness (QED) is 0.741.